The summed E-state index contributed by atoms with van der Waals surface area (Å²) in [5.41, 5.74) is 1.32. The van der Waals surface area contributed by atoms with Crippen LogP contribution < -0.4 is 4.74 Å². The van der Waals surface area contributed by atoms with Gasteiger partial charge in [-0.25, -0.2) is 13.2 Å². The van der Waals surface area contributed by atoms with Crippen LogP contribution in [0.4, 0.5) is 0 Å². The number of benzene rings is 4. The summed E-state index contributed by atoms with van der Waals surface area (Å²) in [6, 6.07) is 34.9. The van der Waals surface area contributed by atoms with Gasteiger partial charge in [0.15, 0.2) is 14.7 Å². The second-order valence-corrected chi connectivity index (χ2v) is 11.8. The van der Waals surface area contributed by atoms with Crippen molar-refractivity contribution in [1.29, 1.82) is 0 Å². The Morgan fingerprint density at radius 2 is 1.26 bits per heavy atom. The molecule has 8 heteroatoms. The predicted octanol–water partition coefficient (Wildman–Crippen LogP) is 6.18. The van der Waals surface area contributed by atoms with Gasteiger partial charge in [-0.15, -0.1) is 0 Å². The molecule has 0 saturated heterocycles. The lowest BCUT2D eigenvalue weighted by Crippen LogP contribution is -2.12. The Hall–Kier alpha value is -3.85. The minimum absolute atomic E-state index is 0.176. The highest BCUT2D eigenvalue weighted by Crippen LogP contribution is 2.31. The van der Waals surface area contributed by atoms with E-state index in [2.05, 4.69) is 67.2 Å². The van der Waals surface area contributed by atoms with Crippen molar-refractivity contribution in [3.8, 4) is 5.75 Å². The van der Waals surface area contributed by atoms with Gasteiger partial charge in [-0.05, 0) is 74.5 Å². The van der Waals surface area contributed by atoms with E-state index in [9.17, 15) is 17.8 Å². The molecular weight excluding hydrogens is 532 g/mol. The molecule has 6 nitrogen and oxygen atoms in total. The van der Waals surface area contributed by atoms with Crippen molar-refractivity contribution in [2.45, 2.75) is 33.4 Å². The van der Waals surface area contributed by atoms with Crippen LogP contribution in [0.5, 0.6) is 5.75 Å². The van der Waals surface area contributed by atoms with Crippen LogP contribution in [0.15, 0.2) is 141 Å². The first-order chi connectivity index (χ1) is 18.6. The monoisotopic (exact) mass is 562 g/mol. The highest BCUT2D eigenvalue weighted by atomic mass is 32.2. The molecule has 0 radical (unpaired) electrons. The maximum absolute atomic E-state index is 11.4. The maximum Gasteiger partial charge on any atom is 0.333 e. The minimum Gasteiger partial charge on any atom is -0.744 e. The first-order valence-electron chi connectivity index (χ1n) is 12.1. The SMILES string of the molecule is C=C(C)C(=O)OCCOc1ccc([S+](c2ccccc2)c2ccccc2)cc1.Cc1ccc(S(=O)(=O)[O-])cc1. The molecule has 0 saturated carbocycles. The fourth-order valence-electron chi connectivity index (χ4n) is 3.32. The van der Waals surface area contributed by atoms with Crippen LogP contribution in [0.25, 0.3) is 0 Å². The van der Waals surface area contributed by atoms with Gasteiger partial charge in [0, 0.05) is 5.57 Å². The number of carbonyl (C=O) groups is 1. The molecule has 0 aliphatic carbocycles. The van der Waals surface area contributed by atoms with Gasteiger partial charge >= 0.3 is 5.97 Å². The lowest BCUT2D eigenvalue weighted by molar-refractivity contribution is -0.139. The summed E-state index contributed by atoms with van der Waals surface area (Å²) >= 11 is 0. The van der Waals surface area contributed by atoms with Crippen molar-refractivity contribution < 1.29 is 27.2 Å². The number of esters is 1. The molecule has 4 rings (SSSR count). The van der Waals surface area contributed by atoms with E-state index < -0.39 is 16.1 Å². The van der Waals surface area contributed by atoms with Crippen molar-refractivity contribution in [2.75, 3.05) is 13.2 Å². The molecule has 0 bridgehead atoms. The van der Waals surface area contributed by atoms with Crippen LogP contribution in [0, 0.1) is 6.92 Å². The molecule has 4 aromatic rings. The molecule has 0 heterocycles. The van der Waals surface area contributed by atoms with E-state index in [1.54, 1.807) is 19.1 Å². The van der Waals surface area contributed by atoms with E-state index in [0.29, 0.717) is 12.2 Å². The molecular formula is C31H30O6S2. The molecule has 39 heavy (non-hydrogen) atoms. The van der Waals surface area contributed by atoms with Gasteiger partial charge in [0.05, 0.1) is 15.8 Å². The van der Waals surface area contributed by atoms with Gasteiger partial charge in [-0.1, -0.05) is 60.7 Å². The van der Waals surface area contributed by atoms with Crippen molar-refractivity contribution in [1.82, 2.24) is 0 Å². The lowest BCUT2D eigenvalue weighted by atomic mass is 10.2. The fourth-order valence-corrected chi connectivity index (χ4v) is 5.87. The van der Waals surface area contributed by atoms with Crippen LogP contribution in [0.1, 0.15) is 12.5 Å². The summed E-state index contributed by atoms with van der Waals surface area (Å²) in [6.45, 7) is 7.50. The number of hydrogen-bond donors (Lipinski definition) is 0. The number of rotatable bonds is 9. The quantitative estimate of drug-likeness (QED) is 0.0795. The third-order valence-corrected chi connectivity index (χ3v) is 8.34. The Bertz CT molecular complexity index is 1410. The molecule has 0 N–H and O–H groups in total. The molecule has 0 aliphatic heterocycles. The number of carbonyl (C=O) groups excluding carboxylic acids is 1. The van der Waals surface area contributed by atoms with Crippen LogP contribution in [0.2, 0.25) is 0 Å². The zero-order valence-electron chi connectivity index (χ0n) is 21.8. The van der Waals surface area contributed by atoms with Crippen molar-refractivity contribution in [2.24, 2.45) is 0 Å². The molecule has 202 valence electrons. The van der Waals surface area contributed by atoms with E-state index >= 15 is 0 Å². The molecule has 0 spiro atoms. The van der Waals surface area contributed by atoms with E-state index in [0.717, 1.165) is 11.3 Å². The Morgan fingerprint density at radius 3 is 1.72 bits per heavy atom. The van der Waals surface area contributed by atoms with E-state index in [4.69, 9.17) is 9.47 Å². The molecule has 0 aliphatic rings. The molecule has 4 aromatic carbocycles. The van der Waals surface area contributed by atoms with Crippen LogP contribution in [0.3, 0.4) is 0 Å². The molecule has 0 aromatic heterocycles. The van der Waals surface area contributed by atoms with Gasteiger partial charge in [0.25, 0.3) is 0 Å². The average molecular weight is 563 g/mol. The smallest absolute Gasteiger partial charge is 0.333 e. The van der Waals surface area contributed by atoms with E-state index in [-0.39, 0.29) is 22.4 Å². The van der Waals surface area contributed by atoms with Crippen molar-refractivity contribution in [3.05, 3.63) is 127 Å². The van der Waals surface area contributed by atoms with Gasteiger partial charge in [-0.3, -0.25) is 0 Å². The molecule has 0 unspecified atom stereocenters. The van der Waals surface area contributed by atoms with Crippen molar-refractivity contribution >= 4 is 27.0 Å². The molecule has 0 fully saturated rings. The highest BCUT2D eigenvalue weighted by Gasteiger charge is 2.28. The topological polar surface area (TPSA) is 92.7 Å². The minimum atomic E-state index is -4.27. The standard InChI is InChI=1S/C24H23O3S.C7H8O3S/c1-19(2)24(25)27-18-17-26-20-13-15-23(16-14-20)28(21-9-5-3-6-10-21)22-11-7-4-8-12-22;1-6-2-4-7(5-3-6)11(8,9)10/h3-16H,1,17-18H2,2H3;2-5H,1H3,(H,8,9,10)/q+1;/p-1. The Balaban J connectivity index is 0.000000320. The summed E-state index contributed by atoms with van der Waals surface area (Å²) < 4.78 is 41.9. The third kappa shape index (κ3) is 9.44. The van der Waals surface area contributed by atoms with Crippen molar-refractivity contribution in [3.63, 3.8) is 0 Å². The Morgan fingerprint density at radius 1 is 0.769 bits per heavy atom. The van der Waals surface area contributed by atoms with E-state index in [1.165, 1.54) is 26.8 Å². The summed E-state index contributed by atoms with van der Waals surface area (Å²) in [5.74, 6) is 0.355. The zero-order valence-corrected chi connectivity index (χ0v) is 23.4. The summed E-state index contributed by atoms with van der Waals surface area (Å²) in [6.07, 6.45) is 0. The third-order valence-electron chi connectivity index (χ3n) is 5.26. The first-order valence-corrected chi connectivity index (χ1v) is 14.7. The van der Waals surface area contributed by atoms with Gasteiger partial charge in [0.2, 0.25) is 0 Å². The fraction of sp³-hybridized carbons (Fsp3) is 0.129. The predicted molar refractivity (Wildman–Crippen MR) is 152 cm³/mol. The average Bonchev–Trinajstić information content (AvgIpc) is 2.93. The number of ether oxygens (including phenoxy) is 2. The molecule has 0 amide bonds. The summed E-state index contributed by atoms with van der Waals surface area (Å²) in [7, 11) is -4.45. The summed E-state index contributed by atoms with van der Waals surface area (Å²) in [5, 5.41) is 0. The van der Waals surface area contributed by atoms with Crippen LogP contribution >= 0.6 is 0 Å². The van der Waals surface area contributed by atoms with Crippen LogP contribution in [-0.4, -0.2) is 32.2 Å². The van der Waals surface area contributed by atoms with E-state index in [1.807, 2.05) is 31.2 Å². The Kier molecular flexibility index (Phi) is 10.9. The Labute approximate surface area is 233 Å². The van der Waals surface area contributed by atoms with Gasteiger partial charge in [0.1, 0.15) is 29.1 Å². The maximum atomic E-state index is 11.4. The summed E-state index contributed by atoms with van der Waals surface area (Å²) in [4.78, 5) is 15.0. The number of aryl methyl sites for hydroxylation is 1. The normalized spacial score (nSPS) is 10.8. The lowest BCUT2D eigenvalue weighted by Gasteiger charge is -2.10. The van der Waals surface area contributed by atoms with Gasteiger partial charge < -0.3 is 14.0 Å². The second kappa shape index (κ2) is 14.3. The second-order valence-electron chi connectivity index (χ2n) is 8.44. The van der Waals surface area contributed by atoms with Gasteiger partial charge in [-0.2, -0.15) is 0 Å². The highest BCUT2D eigenvalue weighted by molar-refractivity contribution is 7.97. The first kappa shape index (κ1) is 29.7. The number of hydrogen-bond acceptors (Lipinski definition) is 6. The zero-order chi connectivity index (χ0) is 28.3. The van der Waals surface area contributed by atoms with Crippen LogP contribution in [-0.2, 0) is 30.5 Å². The largest absolute Gasteiger partial charge is 0.744 e. The molecule has 0 atom stereocenters.